The summed E-state index contributed by atoms with van der Waals surface area (Å²) in [5.41, 5.74) is 5.14. The lowest BCUT2D eigenvalue weighted by Gasteiger charge is -2.37. The topological polar surface area (TPSA) is 42.3 Å². The van der Waals surface area contributed by atoms with Crippen LogP contribution in [0.3, 0.4) is 0 Å². The summed E-state index contributed by atoms with van der Waals surface area (Å²) < 4.78 is 27.5. The Kier molecular flexibility index (Phi) is 4.72. The maximum absolute atomic E-state index is 13.0. The Morgan fingerprint density at radius 3 is 2.20 bits per heavy atom. The first-order chi connectivity index (χ1) is 14.5. The maximum Gasteiger partial charge on any atom is 0.236 e. The van der Waals surface area contributed by atoms with E-state index in [-0.39, 0.29) is 6.04 Å². The second-order valence-corrected chi connectivity index (χ2v) is 9.76. The Bertz CT molecular complexity index is 1300. The van der Waals surface area contributed by atoms with E-state index >= 15 is 0 Å². The van der Waals surface area contributed by atoms with E-state index in [1.54, 1.807) is 3.97 Å². The largest absolute Gasteiger partial charge is 0.286 e. The minimum atomic E-state index is -3.47. The highest BCUT2D eigenvalue weighted by Crippen LogP contribution is 2.41. The van der Waals surface area contributed by atoms with Gasteiger partial charge in [-0.05, 0) is 29.2 Å². The van der Waals surface area contributed by atoms with E-state index in [0.29, 0.717) is 0 Å². The number of hydrogen-bond acceptors (Lipinski definition) is 3. The predicted molar refractivity (Wildman–Crippen MR) is 121 cm³/mol. The molecule has 0 saturated carbocycles. The van der Waals surface area contributed by atoms with Crippen LogP contribution in [0, 0.1) is 0 Å². The number of hydrogen-bond donors (Lipinski definition) is 0. The summed E-state index contributed by atoms with van der Waals surface area (Å²) in [5, 5.41) is 1.04. The van der Waals surface area contributed by atoms with Gasteiger partial charge in [-0.15, -0.1) is 0 Å². The maximum atomic E-state index is 13.0. The molecule has 1 atom stereocenters. The van der Waals surface area contributed by atoms with Gasteiger partial charge in [-0.3, -0.25) is 4.90 Å². The average molecular weight is 417 g/mol. The van der Waals surface area contributed by atoms with Crippen LogP contribution in [-0.4, -0.2) is 30.1 Å². The minimum absolute atomic E-state index is 0.128. The van der Waals surface area contributed by atoms with Gasteiger partial charge in [0.05, 0.1) is 23.5 Å². The summed E-state index contributed by atoms with van der Waals surface area (Å²) in [7, 11) is -3.47. The predicted octanol–water partition coefficient (Wildman–Crippen LogP) is 4.60. The SMILES string of the molecule is CS(=O)(=O)n1c2c(c3ccccc31)CCN(Cc1ccccc1)[C@@H]2c1ccccc1. The first kappa shape index (κ1) is 19.1. The highest BCUT2D eigenvalue weighted by atomic mass is 32.2. The molecule has 4 nitrogen and oxygen atoms in total. The van der Waals surface area contributed by atoms with Crippen LogP contribution in [-0.2, 0) is 23.0 Å². The van der Waals surface area contributed by atoms with Gasteiger partial charge >= 0.3 is 0 Å². The summed E-state index contributed by atoms with van der Waals surface area (Å²) in [6, 6.07) is 28.4. The van der Waals surface area contributed by atoms with E-state index in [4.69, 9.17) is 0 Å². The summed E-state index contributed by atoms with van der Waals surface area (Å²) in [6.45, 7) is 1.64. The first-order valence-electron chi connectivity index (χ1n) is 10.2. The summed E-state index contributed by atoms with van der Waals surface area (Å²) in [6.07, 6.45) is 2.13. The van der Waals surface area contributed by atoms with Crippen LogP contribution in [0.25, 0.3) is 10.9 Å². The fraction of sp³-hybridized carbons (Fsp3) is 0.200. The van der Waals surface area contributed by atoms with Crippen LogP contribution < -0.4 is 0 Å². The van der Waals surface area contributed by atoms with Gasteiger partial charge in [0.15, 0.2) is 0 Å². The van der Waals surface area contributed by atoms with Gasteiger partial charge in [0.2, 0.25) is 10.0 Å². The number of rotatable bonds is 4. The molecule has 0 N–H and O–H groups in total. The Morgan fingerprint density at radius 2 is 1.50 bits per heavy atom. The van der Waals surface area contributed by atoms with Gasteiger partial charge in [-0.2, -0.15) is 0 Å². The summed E-state index contributed by atoms with van der Waals surface area (Å²) in [5.74, 6) is 0. The first-order valence-corrected chi connectivity index (χ1v) is 12.0. The van der Waals surface area contributed by atoms with Crippen LogP contribution in [0.4, 0.5) is 0 Å². The third-order valence-corrected chi connectivity index (χ3v) is 6.98. The fourth-order valence-electron chi connectivity index (χ4n) is 4.74. The van der Waals surface area contributed by atoms with Crippen molar-refractivity contribution in [3.05, 3.63) is 107 Å². The number of para-hydroxylation sites is 1. The van der Waals surface area contributed by atoms with Crippen molar-refractivity contribution < 1.29 is 8.42 Å². The highest BCUT2D eigenvalue weighted by Gasteiger charge is 2.36. The van der Waals surface area contributed by atoms with E-state index in [2.05, 4.69) is 41.3 Å². The van der Waals surface area contributed by atoms with E-state index < -0.39 is 10.0 Å². The van der Waals surface area contributed by atoms with Crippen molar-refractivity contribution in [3.8, 4) is 0 Å². The smallest absolute Gasteiger partial charge is 0.236 e. The van der Waals surface area contributed by atoms with Crippen molar-refractivity contribution >= 4 is 20.9 Å². The summed E-state index contributed by atoms with van der Waals surface area (Å²) >= 11 is 0. The zero-order valence-electron chi connectivity index (χ0n) is 16.9. The second kappa shape index (κ2) is 7.42. The highest BCUT2D eigenvalue weighted by molar-refractivity contribution is 7.89. The molecule has 0 amide bonds. The molecule has 0 spiro atoms. The van der Waals surface area contributed by atoms with Crippen LogP contribution in [0.5, 0.6) is 0 Å². The second-order valence-electron chi connectivity index (χ2n) is 7.93. The zero-order chi connectivity index (χ0) is 20.7. The van der Waals surface area contributed by atoms with Crippen molar-refractivity contribution in [3.63, 3.8) is 0 Å². The molecule has 0 radical (unpaired) electrons. The molecule has 5 heteroatoms. The van der Waals surface area contributed by atoms with Crippen molar-refractivity contribution in [2.24, 2.45) is 0 Å². The van der Waals surface area contributed by atoms with Crippen molar-refractivity contribution in [2.75, 3.05) is 12.8 Å². The number of benzene rings is 3. The van der Waals surface area contributed by atoms with E-state index in [0.717, 1.165) is 47.2 Å². The molecule has 3 aromatic carbocycles. The molecule has 0 saturated heterocycles. The fourth-order valence-corrected chi connectivity index (χ4v) is 5.83. The molecule has 1 aliphatic heterocycles. The van der Waals surface area contributed by atoms with Crippen LogP contribution >= 0.6 is 0 Å². The van der Waals surface area contributed by atoms with Gasteiger partial charge in [0.1, 0.15) is 0 Å². The number of nitrogens with zero attached hydrogens (tertiary/aromatic N) is 2. The molecule has 30 heavy (non-hydrogen) atoms. The Labute approximate surface area is 177 Å². The zero-order valence-corrected chi connectivity index (χ0v) is 17.7. The molecule has 0 aliphatic carbocycles. The normalized spacial score (nSPS) is 17.2. The van der Waals surface area contributed by atoms with Gasteiger partial charge in [0, 0.05) is 18.5 Å². The lowest BCUT2D eigenvalue weighted by Crippen LogP contribution is -2.37. The van der Waals surface area contributed by atoms with Gasteiger partial charge in [-0.1, -0.05) is 78.9 Å². The third-order valence-electron chi connectivity index (χ3n) is 5.92. The van der Waals surface area contributed by atoms with Gasteiger partial charge < -0.3 is 0 Å². The van der Waals surface area contributed by atoms with E-state index in [1.165, 1.54) is 11.8 Å². The van der Waals surface area contributed by atoms with Crippen molar-refractivity contribution in [2.45, 2.75) is 19.0 Å². The van der Waals surface area contributed by atoms with Gasteiger partial charge in [-0.25, -0.2) is 12.4 Å². The molecule has 0 bridgehead atoms. The van der Waals surface area contributed by atoms with Crippen molar-refractivity contribution in [1.82, 2.24) is 8.87 Å². The van der Waals surface area contributed by atoms with Crippen LogP contribution in [0.2, 0.25) is 0 Å². The standard InChI is InChI=1S/C25H24N2O2S/c1-30(28,29)27-23-15-9-8-14-21(23)22-16-17-26(18-19-10-4-2-5-11-19)24(25(22)27)20-12-6-3-7-13-20/h2-15,24H,16-18H2,1H3/t24-/m1/s1. The Balaban J connectivity index is 1.76. The molecule has 4 aromatic rings. The average Bonchev–Trinajstić information content (AvgIpc) is 3.10. The van der Waals surface area contributed by atoms with E-state index in [1.807, 2.05) is 48.5 Å². The molecule has 1 aliphatic rings. The van der Waals surface area contributed by atoms with Gasteiger partial charge in [0.25, 0.3) is 0 Å². The quantitative estimate of drug-likeness (QED) is 0.488. The van der Waals surface area contributed by atoms with Crippen LogP contribution in [0.15, 0.2) is 84.9 Å². The minimum Gasteiger partial charge on any atom is -0.286 e. The molecular formula is C25H24N2O2S. The third kappa shape index (κ3) is 3.24. The lowest BCUT2D eigenvalue weighted by molar-refractivity contribution is 0.201. The number of fused-ring (bicyclic) bond motifs is 3. The monoisotopic (exact) mass is 416 g/mol. The lowest BCUT2D eigenvalue weighted by atomic mass is 9.92. The van der Waals surface area contributed by atoms with Crippen LogP contribution in [0.1, 0.15) is 28.4 Å². The Hall–Kier alpha value is -2.89. The molecule has 2 heterocycles. The molecule has 0 fully saturated rings. The van der Waals surface area contributed by atoms with E-state index in [9.17, 15) is 8.42 Å². The molecule has 152 valence electrons. The number of aromatic nitrogens is 1. The Morgan fingerprint density at radius 1 is 0.867 bits per heavy atom. The summed E-state index contributed by atoms with van der Waals surface area (Å²) in [4.78, 5) is 2.40. The molecular weight excluding hydrogens is 392 g/mol. The van der Waals surface area contributed by atoms with Crippen molar-refractivity contribution in [1.29, 1.82) is 0 Å². The molecule has 0 unspecified atom stereocenters. The molecule has 1 aromatic heterocycles. The molecule has 5 rings (SSSR count).